The normalized spacial score (nSPS) is 17.6. The Morgan fingerprint density at radius 1 is 1.15 bits per heavy atom. The summed E-state index contributed by atoms with van der Waals surface area (Å²) in [6, 6.07) is 7.78. The Balaban J connectivity index is 1.34. The van der Waals surface area contributed by atoms with Crippen molar-refractivity contribution in [3.63, 3.8) is 0 Å². The molecule has 5 rings (SSSR count). The molecule has 178 valence electrons. The van der Waals surface area contributed by atoms with Crippen LogP contribution in [0.25, 0.3) is 10.8 Å². The minimum absolute atomic E-state index is 0.0219. The molecule has 0 unspecified atom stereocenters. The predicted octanol–water partition coefficient (Wildman–Crippen LogP) is 3.21. The Bertz CT molecular complexity index is 1280. The molecule has 34 heavy (non-hydrogen) atoms. The second-order valence-corrected chi connectivity index (χ2v) is 10.8. The molecule has 1 saturated heterocycles. The fourth-order valence-electron chi connectivity index (χ4n) is 5.05. The minimum atomic E-state index is -0.321. The highest BCUT2D eigenvalue weighted by Gasteiger charge is 2.43. The van der Waals surface area contributed by atoms with Gasteiger partial charge in [-0.3, -0.25) is 14.3 Å². The van der Waals surface area contributed by atoms with E-state index in [1.165, 1.54) is 0 Å². The highest BCUT2D eigenvalue weighted by molar-refractivity contribution is 6.01. The van der Waals surface area contributed by atoms with Crippen LogP contribution in [0.1, 0.15) is 60.0 Å². The van der Waals surface area contributed by atoms with Crippen molar-refractivity contribution < 1.29 is 9.59 Å². The molecule has 8 nitrogen and oxygen atoms in total. The summed E-state index contributed by atoms with van der Waals surface area (Å²) in [7, 11) is 3.91. The summed E-state index contributed by atoms with van der Waals surface area (Å²) in [5.41, 5.74) is 1.69. The second-order valence-electron chi connectivity index (χ2n) is 10.8. The first kappa shape index (κ1) is 22.4. The summed E-state index contributed by atoms with van der Waals surface area (Å²) < 4.78 is 1.88. The van der Waals surface area contributed by atoms with Crippen LogP contribution in [0.2, 0.25) is 0 Å². The number of nitrogens with one attached hydrogen (secondary N) is 1. The molecule has 8 heteroatoms. The van der Waals surface area contributed by atoms with Crippen molar-refractivity contribution in [3.05, 3.63) is 53.5 Å². The first-order valence-electron chi connectivity index (χ1n) is 11.8. The maximum absolute atomic E-state index is 13.4. The summed E-state index contributed by atoms with van der Waals surface area (Å²) in [4.78, 5) is 34.6. The molecule has 2 amide bonds. The van der Waals surface area contributed by atoms with Crippen LogP contribution < -0.4 is 10.2 Å². The highest BCUT2D eigenvalue weighted by Crippen LogP contribution is 2.33. The number of likely N-dealkylation sites (tertiary alicyclic amines) is 1. The Kier molecular flexibility index (Phi) is 5.15. The number of aromatic nitrogens is 3. The van der Waals surface area contributed by atoms with Crippen molar-refractivity contribution in [1.82, 2.24) is 25.0 Å². The van der Waals surface area contributed by atoms with E-state index in [9.17, 15) is 9.59 Å². The lowest BCUT2D eigenvalue weighted by Crippen LogP contribution is -2.59. The fraction of sp³-hybridized carbons (Fsp3) is 0.462. The van der Waals surface area contributed by atoms with Crippen LogP contribution in [0.4, 0.5) is 5.82 Å². The Labute approximate surface area is 199 Å². The van der Waals surface area contributed by atoms with Gasteiger partial charge in [-0.1, -0.05) is 6.07 Å². The lowest BCUT2D eigenvalue weighted by molar-refractivity contribution is 0.0605. The number of anilines is 1. The average molecular weight is 461 g/mol. The third-order valence-corrected chi connectivity index (χ3v) is 7.02. The zero-order valence-electron chi connectivity index (χ0n) is 20.6. The number of piperidine rings is 1. The number of fused-ring (bicyclic) bond motifs is 2. The van der Waals surface area contributed by atoms with E-state index in [-0.39, 0.29) is 22.9 Å². The van der Waals surface area contributed by atoms with Gasteiger partial charge in [0.1, 0.15) is 5.82 Å². The van der Waals surface area contributed by atoms with Crippen LogP contribution in [0, 0.1) is 0 Å². The molecule has 0 aliphatic carbocycles. The van der Waals surface area contributed by atoms with Gasteiger partial charge in [-0.15, -0.1) is 0 Å². The van der Waals surface area contributed by atoms with Crippen LogP contribution >= 0.6 is 0 Å². The molecule has 1 aromatic carbocycles. The summed E-state index contributed by atoms with van der Waals surface area (Å²) in [6.45, 7) is 7.44. The number of amides is 2. The smallest absolute Gasteiger partial charge is 0.272 e. The van der Waals surface area contributed by atoms with E-state index in [2.05, 4.69) is 36.2 Å². The standard InChI is InChI=1S/C26H32N6O2/c1-25(2,3)32-16-19-15-26(28-23(33)21(19)29-32)9-12-31(13-10-26)24(34)18-7-6-17-8-11-27-22(30(4)5)20(17)14-18/h6-8,11,14,16H,9-10,12-13,15H2,1-5H3,(H,28,33). The molecule has 1 spiro atoms. The predicted molar refractivity (Wildman–Crippen MR) is 132 cm³/mol. The molecule has 2 aliphatic heterocycles. The van der Waals surface area contributed by atoms with Gasteiger partial charge in [0.15, 0.2) is 5.69 Å². The largest absolute Gasteiger partial charge is 0.362 e. The van der Waals surface area contributed by atoms with Crippen molar-refractivity contribution >= 4 is 28.4 Å². The molecular formula is C26H32N6O2. The zero-order chi connectivity index (χ0) is 24.3. The van der Waals surface area contributed by atoms with Gasteiger partial charge in [-0.05, 0) is 63.6 Å². The zero-order valence-corrected chi connectivity index (χ0v) is 20.6. The van der Waals surface area contributed by atoms with Crippen molar-refractivity contribution in [2.24, 2.45) is 0 Å². The molecule has 0 radical (unpaired) electrons. The van der Waals surface area contributed by atoms with Gasteiger partial charge in [0.2, 0.25) is 0 Å². The molecule has 2 aromatic heterocycles. The van der Waals surface area contributed by atoms with Crippen LogP contribution in [-0.2, 0) is 12.0 Å². The number of pyridine rings is 1. The quantitative estimate of drug-likeness (QED) is 0.635. The van der Waals surface area contributed by atoms with Gasteiger partial charge in [-0.2, -0.15) is 5.10 Å². The summed E-state index contributed by atoms with van der Waals surface area (Å²) in [5.74, 6) is 0.761. The number of hydrogen-bond donors (Lipinski definition) is 1. The van der Waals surface area contributed by atoms with Crippen LogP contribution in [-0.4, -0.2) is 64.2 Å². The van der Waals surface area contributed by atoms with Crippen molar-refractivity contribution in [2.75, 3.05) is 32.1 Å². The van der Waals surface area contributed by atoms with Gasteiger partial charge >= 0.3 is 0 Å². The van der Waals surface area contributed by atoms with Gasteiger partial charge in [0.25, 0.3) is 11.8 Å². The number of nitrogens with zero attached hydrogens (tertiary/aromatic N) is 5. The number of rotatable bonds is 2. The molecule has 1 N–H and O–H groups in total. The van der Waals surface area contributed by atoms with E-state index < -0.39 is 0 Å². The van der Waals surface area contributed by atoms with Crippen molar-refractivity contribution in [3.8, 4) is 0 Å². The summed E-state index contributed by atoms with van der Waals surface area (Å²) in [6.07, 6.45) is 6.00. The first-order chi connectivity index (χ1) is 16.1. The number of benzene rings is 1. The maximum Gasteiger partial charge on any atom is 0.272 e. The van der Waals surface area contributed by atoms with Gasteiger partial charge in [0.05, 0.1) is 5.54 Å². The SMILES string of the molecule is CN(C)c1nccc2ccc(C(=O)N3CCC4(CC3)Cc3cn(C(C)(C)C)nc3C(=O)N4)cc12. The average Bonchev–Trinajstić information content (AvgIpc) is 3.23. The molecule has 1 fully saturated rings. The lowest BCUT2D eigenvalue weighted by atomic mass is 9.79. The summed E-state index contributed by atoms with van der Waals surface area (Å²) in [5, 5.41) is 9.80. The molecule has 2 aliphatic rings. The van der Waals surface area contributed by atoms with Crippen LogP contribution in [0.3, 0.4) is 0 Å². The Hall–Kier alpha value is -3.42. The van der Waals surface area contributed by atoms with E-state index in [4.69, 9.17) is 0 Å². The molecular weight excluding hydrogens is 428 g/mol. The van der Waals surface area contributed by atoms with E-state index in [0.29, 0.717) is 24.3 Å². The Morgan fingerprint density at radius 2 is 1.88 bits per heavy atom. The van der Waals surface area contributed by atoms with E-state index in [1.807, 2.05) is 59.0 Å². The molecule has 0 bridgehead atoms. The third-order valence-electron chi connectivity index (χ3n) is 7.02. The van der Waals surface area contributed by atoms with Crippen LogP contribution in [0.15, 0.2) is 36.7 Å². The molecule has 3 aromatic rings. The van der Waals surface area contributed by atoms with Gasteiger partial charge in [0, 0.05) is 61.6 Å². The number of carbonyl (C=O) groups is 2. The van der Waals surface area contributed by atoms with E-state index in [0.717, 1.165) is 41.4 Å². The van der Waals surface area contributed by atoms with Crippen molar-refractivity contribution in [2.45, 2.75) is 51.1 Å². The van der Waals surface area contributed by atoms with E-state index >= 15 is 0 Å². The number of hydrogen-bond acceptors (Lipinski definition) is 5. The first-order valence-corrected chi connectivity index (χ1v) is 11.8. The number of carbonyl (C=O) groups excluding carboxylic acids is 2. The maximum atomic E-state index is 13.4. The second kappa shape index (κ2) is 7.82. The molecule has 4 heterocycles. The van der Waals surface area contributed by atoms with Crippen LogP contribution in [0.5, 0.6) is 0 Å². The minimum Gasteiger partial charge on any atom is -0.362 e. The Morgan fingerprint density at radius 3 is 2.56 bits per heavy atom. The molecule has 0 atom stereocenters. The van der Waals surface area contributed by atoms with Gasteiger partial charge < -0.3 is 15.1 Å². The van der Waals surface area contributed by atoms with E-state index in [1.54, 1.807) is 6.20 Å². The lowest BCUT2D eigenvalue weighted by Gasteiger charge is -2.44. The monoisotopic (exact) mass is 460 g/mol. The fourth-order valence-corrected chi connectivity index (χ4v) is 5.05. The highest BCUT2D eigenvalue weighted by atomic mass is 16.2. The van der Waals surface area contributed by atoms with Crippen molar-refractivity contribution in [1.29, 1.82) is 0 Å². The molecule has 0 saturated carbocycles. The van der Waals surface area contributed by atoms with Gasteiger partial charge in [-0.25, -0.2) is 4.98 Å². The topological polar surface area (TPSA) is 83.4 Å². The third kappa shape index (κ3) is 3.81. The summed E-state index contributed by atoms with van der Waals surface area (Å²) >= 11 is 0.